The molecule has 0 aliphatic heterocycles. The summed E-state index contributed by atoms with van der Waals surface area (Å²) >= 11 is 4.09. The molecule has 1 aromatic rings. The number of rotatable bonds is 14. The lowest BCUT2D eigenvalue weighted by Gasteiger charge is -2.31. The number of benzene rings is 1. The van der Waals surface area contributed by atoms with E-state index in [1.54, 1.807) is 0 Å². The summed E-state index contributed by atoms with van der Waals surface area (Å²) in [5.74, 6) is 0.616. The van der Waals surface area contributed by atoms with Gasteiger partial charge in [0.15, 0.2) is 0 Å². The van der Waals surface area contributed by atoms with Gasteiger partial charge in [0.1, 0.15) is 11.5 Å². The van der Waals surface area contributed by atoms with Crippen LogP contribution in [0.4, 0.5) is 0 Å². The maximum Gasteiger partial charge on any atom is 0.321 e. The van der Waals surface area contributed by atoms with Gasteiger partial charge in [0.05, 0.1) is 5.75 Å². The van der Waals surface area contributed by atoms with Gasteiger partial charge in [-0.15, -0.1) is 0 Å². The summed E-state index contributed by atoms with van der Waals surface area (Å²) in [5, 5.41) is 11.3. The summed E-state index contributed by atoms with van der Waals surface area (Å²) in [7, 11) is 0. The van der Waals surface area contributed by atoms with E-state index in [1.165, 1.54) is 57.8 Å². The molecule has 1 N–H and O–H groups in total. The molecule has 0 amide bonds. The summed E-state index contributed by atoms with van der Waals surface area (Å²) in [6.07, 6.45) is 15.0. The normalized spacial score (nSPS) is 12.2. The molecule has 4 heteroatoms. The minimum atomic E-state index is -0.357. The molecule has 0 atom stereocenters. The molecule has 0 aromatic heterocycles. The second kappa shape index (κ2) is 14.3. The van der Waals surface area contributed by atoms with Gasteiger partial charge in [0, 0.05) is 16.7 Å². The summed E-state index contributed by atoms with van der Waals surface area (Å²) in [5.41, 5.74) is 2.17. The van der Waals surface area contributed by atoms with E-state index in [0.29, 0.717) is 11.5 Å². The van der Waals surface area contributed by atoms with Crippen LogP contribution in [0.1, 0.15) is 136 Å². The number of esters is 1. The van der Waals surface area contributed by atoms with Crippen LogP contribution >= 0.6 is 12.6 Å². The van der Waals surface area contributed by atoms with Crippen LogP contribution in [0.2, 0.25) is 0 Å². The lowest BCUT2D eigenvalue weighted by atomic mass is 9.76. The van der Waals surface area contributed by atoms with Crippen molar-refractivity contribution in [2.75, 3.05) is 5.75 Å². The number of carbonyl (C=O) groups excluding carboxylic acids is 1. The number of hydrogen-bond acceptors (Lipinski definition) is 4. The van der Waals surface area contributed by atoms with E-state index in [2.05, 4.69) is 61.1 Å². The van der Waals surface area contributed by atoms with Crippen LogP contribution in [0.15, 0.2) is 6.07 Å². The summed E-state index contributed by atoms with van der Waals surface area (Å²) < 4.78 is 5.75. The first-order chi connectivity index (χ1) is 15.4. The fourth-order valence-electron chi connectivity index (χ4n) is 4.53. The Morgan fingerprint density at radius 3 is 1.76 bits per heavy atom. The molecule has 3 nitrogen and oxygen atoms in total. The second-order valence-electron chi connectivity index (χ2n) is 11.5. The predicted molar refractivity (Wildman–Crippen MR) is 145 cm³/mol. The first-order valence-electron chi connectivity index (χ1n) is 13.1. The van der Waals surface area contributed by atoms with Gasteiger partial charge in [-0.05, 0) is 29.7 Å². The molecule has 0 aliphatic rings. The van der Waals surface area contributed by atoms with Crippen LogP contribution in [0.25, 0.3) is 0 Å². The van der Waals surface area contributed by atoms with Crippen molar-refractivity contribution in [3.63, 3.8) is 0 Å². The predicted octanol–water partition coefficient (Wildman–Crippen LogP) is 8.68. The number of carbonyl (C=O) groups is 1. The highest BCUT2D eigenvalue weighted by Crippen LogP contribution is 2.45. The SMILES string of the molecule is CCCCCCCCCCCCCc1c(OC(=O)CS)cc(C(C)(C)C)c(O)c1C(C)(C)C. The van der Waals surface area contributed by atoms with Crippen molar-refractivity contribution >= 4 is 18.6 Å². The Balaban J connectivity index is 2.89. The monoisotopic (exact) mass is 478 g/mol. The van der Waals surface area contributed by atoms with Gasteiger partial charge in [0.25, 0.3) is 0 Å². The zero-order chi connectivity index (χ0) is 25.1. The lowest BCUT2D eigenvalue weighted by Crippen LogP contribution is -2.21. The van der Waals surface area contributed by atoms with Crippen molar-refractivity contribution in [3.05, 3.63) is 22.8 Å². The fourth-order valence-corrected chi connectivity index (χ4v) is 4.59. The minimum Gasteiger partial charge on any atom is -0.507 e. The number of phenolic OH excluding ortho intramolecular Hbond substituents is 1. The highest BCUT2D eigenvalue weighted by Gasteiger charge is 2.31. The van der Waals surface area contributed by atoms with Gasteiger partial charge in [-0.1, -0.05) is 113 Å². The maximum atomic E-state index is 12.1. The van der Waals surface area contributed by atoms with Gasteiger partial charge in [-0.25, -0.2) is 0 Å². The molecule has 0 heterocycles. The Morgan fingerprint density at radius 1 is 0.848 bits per heavy atom. The number of thiol groups is 1. The molecule has 0 spiro atoms. The summed E-state index contributed by atoms with van der Waals surface area (Å²) in [6, 6.07) is 1.87. The average Bonchev–Trinajstić information content (AvgIpc) is 2.71. The van der Waals surface area contributed by atoms with Gasteiger partial charge in [-0.3, -0.25) is 4.79 Å². The van der Waals surface area contributed by atoms with Gasteiger partial charge in [-0.2, -0.15) is 12.6 Å². The second-order valence-corrected chi connectivity index (χ2v) is 11.9. The van der Waals surface area contributed by atoms with Crippen LogP contribution < -0.4 is 4.74 Å². The third-order valence-corrected chi connectivity index (χ3v) is 6.57. The van der Waals surface area contributed by atoms with Gasteiger partial charge < -0.3 is 9.84 Å². The van der Waals surface area contributed by atoms with Crippen LogP contribution in [0.3, 0.4) is 0 Å². The first-order valence-corrected chi connectivity index (χ1v) is 13.8. The largest absolute Gasteiger partial charge is 0.507 e. The topological polar surface area (TPSA) is 46.5 Å². The molecular formula is C29H50O3S. The quantitative estimate of drug-likeness (QED) is 0.122. The average molecular weight is 479 g/mol. The zero-order valence-corrected chi connectivity index (χ0v) is 23.4. The lowest BCUT2D eigenvalue weighted by molar-refractivity contribution is -0.131. The molecular weight excluding hydrogens is 428 g/mol. The highest BCUT2D eigenvalue weighted by molar-refractivity contribution is 7.81. The van der Waals surface area contributed by atoms with Crippen molar-refractivity contribution in [1.82, 2.24) is 0 Å². The number of aromatic hydroxyl groups is 1. The summed E-state index contributed by atoms with van der Waals surface area (Å²) in [6.45, 7) is 14.8. The molecule has 0 bridgehead atoms. The first kappa shape index (κ1) is 29.9. The Bertz CT molecular complexity index is 726. The number of phenols is 1. The van der Waals surface area contributed by atoms with E-state index in [-0.39, 0.29) is 22.6 Å². The fraction of sp³-hybridized carbons (Fsp3) is 0.759. The van der Waals surface area contributed by atoms with E-state index in [1.807, 2.05) is 6.07 Å². The Hall–Kier alpha value is -1.16. The van der Waals surface area contributed by atoms with Crippen LogP contribution in [-0.2, 0) is 22.0 Å². The minimum absolute atomic E-state index is 0.0362. The van der Waals surface area contributed by atoms with Gasteiger partial charge >= 0.3 is 5.97 Å². The van der Waals surface area contributed by atoms with Crippen LogP contribution in [0, 0.1) is 0 Å². The molecule has 0 saturated heterocycles. The van der Waals surface area contributed by atoms with Gasteiger partial charge in [0.2, 0.25) is 0 Å². The van der Waals surface area contributed by atoms with Crippen LogP contribution in [0.5, 0.6) is 11.5 Å². The van der Waals surface area contributed by atoms with Crippen molar-refractivity contribution in [3.8, 4) is 11.5 Å². The Labute approximate surface area is 209 Å². The third kappa shape index (κ3) is 10.3. The smallest absolute Gasteiger partial charge is 0.321 e. The molecule has 0 saturated carbocycles. The van der Waals surface area contributed by atoms with E-state index in [9.17, 15) is 9.90 Å². The standard InChI is InChI=1S/C29H50O3S/c1-8-9-10-11-12-13-14-15-16-17-18-19-22-24(32-25(30)21-33)20-23(28(2,3)4)27(31)26(22)29(5,6)7/h20,31,33H,8-19,21H2,1-7H3. The molecule has 1 rings (SSSR count). The highest BCUT2D eigenvalue weighted by atomic mass is 32.1. The Morgan fingerprint density at radius 2 is 1.33 bits per heavy atom. The Kier molecular flexibility index (Phi) is 12.9. The van der Waals surface area contributed by atoms with Crippen molar-refractivity contribution in [2.45, 2.75) is 136 Å². The zero-order valence-electron chi connectivity index (χ0n) is 22.5. The van der Waals surface area contributed by atoms with Crippen molar-refractivity contribution in [1.29, 1.82) is 0 Å². The molecule has 0 fully saturated rings. The summed E-state index contributed by atoms with van der Waals surface area (Å²) in [4.78, 5) is 12.1. The third-order valence-electron chi connectivity index (χ3n) is 6.31. The van der Waals surface area contributed by atoms with E-state index >= 15 is 0 Å². The van der Waals surface area contributed by atoms with E-state index in [4.69, 9.17) is 4.74 Å². The van der Waals surface area contributed by atoms with Crippen molar-refractivity contribution in [2.24, 2.45) is 0 Å². The van der Waals surface area contributed by atoms with Crippen molar-refractivity contribution < 1.29 is 14.6 Å². The molecule has 1 aromatic carbocycles. The number of unbranched alkanes of at least 4 members (excludes halogenated alkanes) is 10. The molecule has 190 valence electrons. The molecule has 0 aliphatic carbocycles. The number of ether oxygens (including phenoxy) is 1. The van der Waals surface area contributed by atoms with E-state index < -0.39 is 0 Å². The maximum absolute atomic E-state index is 12.1. The number of hydrogen-bond donors (Lipinski definition) is 2. The molecule has 0 unspecified atom stereocenters. The van der Waals surface area contributed by atoms with E-state index in [0.717, 1.165) is 36.0 Å². The molecule has 33 heavy (non-hydrogen) atoms. The molecule has 0 radical (unpaired) electrons. The van der Waals surface area contributed by atoms with Crippen LogP contribution in [-0.4, -0.2) is 16.8 Å².